The molecule has 0 aromatic rings. The number of unbranched alkanes of at least 4 members (excludes halogenated alkanes) is 20. The van der Waals surface area contributed by atoms with E-state index >= 15 is 0 Å². The van der Waals surface area contributed by atoms with Crippen LogP contribution in [0, 0.1) is 0 Å². The third-order valence-corrected chi connectivity index (χ3v) is 11.9. The second-order valence-electron chi connectivity index (χ2n) is 18.2. The molecular formula is C54H98N2O6P+. The molecule has 0 rings (SSSR count). The van der Waals surface area contributed by atoms with E-state index in [2.05, 4.69) is 92.1 Å². The molecule has 0 spiro atoms. The highest BCUT2D eigenvalue weighted by molar-refractivity contribution is 7.47. The van der Waals surface area contributed by atoms with Gasteiger partial charge in [-0.3, -0.25) is 13.8 Å². The van der Waals surface area contributed by atoms with Crippen LogP contribution in [0.3, 0.4) is 0 Å². The summed E-state index contributed by atoms with van der Waals surface area (Å²) in [4.78, 5) is 23.2. The molecule has 3 unspecified atom stereocenters. The van der Waals surface area contributed by atoms with Crippen molar-refractivity contribution in [2.24, 2.45) is 0 Å². The quantitative estimate of drug-likeness (QED) is 0.0243. The molecule has 1 amide bonds. The van der Waals surface area contributed by atoms with Crippen LogP contribution in [0.1, 0.15) is 200 Å². The van der Waals surface area contributed by atoms with Gasteiger partial charge < -0.3 is 19.8 Å². The van der Waals surface area contributed by atoms with Crippen LogP contribution in [0.25, 0.3) is 0 Å². The standard InChI is InChI=1S/C54H97N2O6P/c1-6-8-10-12-14-16-18-20-22-24-26-27-28-29-30-32-34-36-38-40-42-44-46-48-54(58)55-52(51-62-63(59,60)61-50-49-56(3,4)5)53(57)47-45-43-41-39-37-35-33-31-25-23-21-19-17-15-13-11-9-7-2/h8,10,14,16,20,22,26-27,29-30,34,36,45,47,52-53,57H,6-7,9,11-13,15,17-19,21,23-25,28,31-33,35,37-44,46,48-51H2,1-5H3,(H-,55,58,59,60)/p+1/b10-8-,16-14-,22-20-,27-26-,30-29-,36-34-,47-45+. The number of hydrogen-bond donors (Lipinski definition) is 3. The Balaban J connectivity index is 4.41. The first-order valence-electron chi connectivity index (χ1n) is 25.5. The minimum absolute atomic E-state index is 0.0517. The van der Waals surface area contributed by atoms with Gasteiger partial charge in [0.15, 0.2) is 0 Å². The van der Waals surface area contributed by atoms with Gasteiger partial charge in [0.25, 0.3) is 0 Å². The molecule has 0 radical (unpaired) electrons. The number of aliphatic hydroxyl groups is 1. The van der Waals surface area contributed by atoms with E-state index in [1.165, 1.54) is 89.9 Å². The number of phosphoric ester groups is 1. The summed E-state index contributed by atoms with van der Waals surface area (Å²) in [5.74, 6) is -0.204. The third kappa shape index (κ3) is 47.5. The maximum atomic E-state index is 12.9. The Kier molecular flexibility index (Phi) is 43.2. The van der Waals surface area contributed by atoms with E-state index in [9.17, 15) is 19.4 Å². The van der Waals surface area contributed by atoms with Gasteiger partial charge in [-0.05, 0) is 70.6 Å². The first-order chi connectivity index (χ1) is 30.5. The van der Waals surface area contributed by atoms with Crippen LogP contribution in [-0.4, -0.2) is 73.4 Å². The molecule has 3 atom stereocenters. The lowest BCUT2D eigenvalue weighted by Crippen LogP contribution is -2.45. The molecule has 8 nitrogen and oxygen atoms in total. The Morgan fingerprint density at radius 2 is 0.952 bits per heavy atom. The van der Waals surface area contributed by atoms with E-state index in [1.807, 2.05) is 27.2 Å². The highest BCUT2D eigenvalue weighted by Crippen LogP contribution is 2.43. The highest BCUT2D eigenvalue weighted by Gasteiger charge is 2.27. The summed E-state index contributed by atoms with van der Waals surface area (Å²) in [5, 5.41) is 13.9. The molecule has 63 heavy (non-hydrogen) atoms. The summed E-state index contributed by atoms with van der Waals surface area (Å²) >= 11 is 0. The number of aliphatic hydroxyl groups excluding tert-OH is 1. The summed E-state index contributed by atoms with van der Waals surface area (Å²) in [7, 11) is 1.54. The van der Waals surface area contributed by atoms with E-state index < -0.39 is 20.0 Å². The Bertz CT molecular complexity index is 1300. The number of phosphoric acid groups is 1. The van der Waals surface area contributed by atoms with Crippen LogP contribution in [-0.2, 0) is 18.4 Å². The summed E-state index contributed by atoms with van der Waals surface area (Å²) in [6, 6.07) is -0.866. The number of amides is 1. The summed E-state index contributed by atoms with van der Waals surface area (Å²) in [6.07, 6.45) is 62.3. The maximum Gasteiger partial charge on any atom is 0.472 e. The number of hydrogen-bond acceptors (Lipinski definition) is 5. The molecule has 0 saturated carbocycles. The van der Waals surface area contributed by atoms with Crippen molar-refractivity contribution in [3.8, 4) is 0 Å². The third-order valence-electron chi connectivity index (χ3n) is 10.9. The van der Waals surface area contributed by atoms with Crippen LogP contribution in [0.5, 0.6) is 0 Å². The van der Waals surface area contributed by atoms with Gasteiger partial charge in [0, 0.05) is 6.42 Å². The minimum Gasteiger partial charge on any atom is -0.387 e. The summed E-state index contributed by atoms with van der Waals surface area (Å²) < 4.78 is 23.6. The van der Waals surface area contributed by atoms with Crippen molar-refractivity contribution in [1.82, 2.24) is 5.32 Å². The fourth-order valence-electron chi connectivity index (χ4n) is 6.87. The normalized spacial score (nSPS) is 14.8. The van der Waals surface area contributed by atoms with Crippen LogP contribution in [0.4, 0.5) is 0 Å². The second kappa shape index (κ2) is 44.9. The van der Waals surface area contributed by atoms with E-state index in [0.717, 1.165) is 89.9 Å². The van der Waals surface area contributed by atoms with Gasteiger partial charge in [-0.1, -0.05) is 208 Å². The minimum atomic E-state index is -4.36. The predicted molar refractivity (Wildman–Crippen MR) is 272 cm³/mol. The van der Waals surface area contributed by atoms with Gasteiger partial charge >= 0.3 is 7.82 Å². The first-order valence-corrected chi connectivity index (χ1v) is 27.0. The first kappa shape index (κ1) is 60.7. The number of nitrogens with one attached hydrogen (secondary N) is 1. The van der Waals surface area contributed by atoms with Crippen molar-refractivity contribution in [1.29, 1.82) is 0 Å². The second-order valence-corrected chi connectivity index (χ2v) is 19.6. The molecule has 364 valence electrons. The van der Waals surface area contributed by atoms with Gasteiger partial charge in [-0.15, -0.1) is 0 Å². The van der Waals surface area contributed by atoms with E-state index in [0.29, 0.717) is 17.4 Å². The Morgan fingerprint density at radius 3 is 1.40 bits per heavy atom. The maximum absolute atomic E-state index is 12.9. The van der Waals surface area contributed by atoms with Crippen LogP contribution in [0.2, 0.25) is 0 Å². The largest absolute Gasteiger partial charge is 0.472 e. The van der Waals surface area contributed by atoms with Crippen molar-refractivity contribution in [2.45, 2.75) is 212 Å². The van der Waals surface area contributed by atoms with Gasteiger partial charge in [-0.25, -0.2) is 4.57 Å². The predicted octanol–water partition coefficient (Wildman–Crippen LogP) is 14.9. The van der Waals surface area contributed by atoms with Crippen LogP contribution in [0.15, 0.2) is 85.1 Å². The zero-order valence-electron chi connectivity index (χ0n) is 41.3. The molecular weight excluding hydrogens is 804 g/mol. The van der Waals surface area contributed by atoms with E-state index in [1.54, 1.807) is 6.08 Å². The van der Waals surface area contributed by atoms with Crippen molar-refractivity contribution in [3.05, 3.63) is 85.1 Å². The molecule has 0 aliphatic heterocycles. The number of likely N-dealkylation sites (N-methyl/N-ethyl adjacent to an activating group) is 1. The van der Waals surface area contributed by atoms with Crippen molar-refractivity contribution in [3.63, 3.8) is 0 Å². The zero-order valence-corrected chi connectivity index (χ0v) is 42.2. The monoisotopic (exact) mass is 902 g/mol. The number of quaternary nitrogens is 1. The van der Waals surface area contributed by atoms with Gasteiger partial charge in [0.1, 0.15) is 13.2 Å². The van der Waals surface area contributed by atoms with Gasteiger partial charge in [-0.2, -0.15) is 0 Å². The molecule has 0 aliphatic rings. The number of rotatable bonds is 45. The lowest BCUT2D eigenvalue weighted by atomic mass is 10.0. The van der Waals surface area contributed by atoms with E-state index in [-0.39, 0.29) is 19.1 Å². The Labute approximate surface area is 388 Å². The molecule has 0 aromatic heterocycles. The zero-order chi connectivity index (χ0) is 46.4. The Morgan fingerprint density at radius 1 is 0.556 bits per heavy atom. The van der Waals surface area contributed by atoms with Crippen molar-refractivity contribution < 1.29 is 32.9 Å². The van der Waals surface area contributed by atoms with Crippen LogP contribution >= 0.6 is 7.82 Å². The molecule has 0 saturated heterocycles. The average Bonchev–Trinajstić information content (AvgIpc) is 3.24. The summed E-state index contributed by atoms with van der Waals surface area (Å²) in [6.45, 7) is 4.68. The van der Waals surface area contributed by atoms with E-state index in [4.69, 9.17) is 9.05 Å². The number of carbonyl (C=O) groups is 1. The molecule has 0 fully saturated rings. The molecule has 0 aromatic carbocycles. The molecule has 0 heterocycles. The lowest BCUT2D eigenvalue weighted by Gasteiger charge is -2.25. The molecule has 0 aliphatic carbocycles. The molecule has 0 bridgehead atoms. The number of allylic oxidation sites excluding steroid dienone is 13. The lowest BCUT2D eigenvalue weighted by molar-refractivity contribution is -0.870. The van der Waals surface area contributed by atoms with Gasteiger partial charge in [0.2, 0.25) is 5.91 Å². The molecule has 3 N–H and O–H groups in total. The smallest absolute Gasteiger partial charge is 0.387 e. The van der Waals surface area contributed by atoms with Crippen molar-refractivity contribution in [2.75, 3.05) is 40.9 Å². The van der Waals surface area contributed by atoms with Crippen LogP contribution < -0.4 is 5.32 Å². The Hall–Kier alpha value is -2.32. The highest BCUT2D eigenvalue weighted by atomic mass is 31.2. The fraction of sp³-hybridized carbons (Fsp3) is 0.722. The fourth-order valence-corrected chi connectivity index (χ4v) is 7.60. The number of carbonyl (C=O) groups excluding carboxylic acids is 1. The topological polar surface area (TPSA) is 105 Å². The van der Waals surface area contributed by atoms with Gasteiger partial charge in [0.05, 0.1) is 39.9 Å². The SMILES string of the molecule is CC/C=C\C/C=C\C/C=C\C/C=C\C/C=C\C/C=C\CCCCCCC(=O)NC(COP(=O)(O)OCC[N+](C)(C)C)C(O)/C=C/CCCCCCCCCCCCCCCCCC. The average molecular weight is 902 g/mol. The van der Waals surface area contributed by atoms with Crippen molar-refractivity contribution >= 4 is 13.7 Å². The molecule has 9 heteroatoms. The summed E-state index contributed by atoms with van der Waals surface area (Å²) in [5.41, 5.74) is 0. The number of nitrogens with zero attached hydrogens (tertiary/aromatic N) is 1.